The van der Waals surface area contributed by atoms with Crippen molar-refractivity contribution in [2.75, 3.05) is 13.1 Å². The molecule has 0 N–H and O–H groups in total. The number of benzene rings is 2. The summed E-state index contributed by atoms with van der Waals surface area (Å²) in [5.41, 5.74) is 5.57. The van der Waals surface area contributed by atoms with E-state index in [1.807, 2.05) is 47.4 Å². The molecular weight excluding hydrogens is 332 g/mol. The topological polar surface area (TPSA) is 32.7 Å². The Morgan fingerprint density at radius 3 is 2.30 bits per heavy atom. The van der Waals surface area contributed by atoms with Crippen LogP contribution >= 0.6 is 0 Å². The molecule has 2 heterocycles. The Balaban J connectivity index is 1.33. The van der Waals surface area contributed by atoms with Crippen LogP contribution in [0.25, 0.3) is 11.1 Å². The maximum absolute atomic E-state index is 12.8. The van der Waals surface area contributed by atoms with E-state index >= 15 is 0 Å². The van der Waals surface area contributed by atoms with E-state index in [2.05, 4.69) is 30.1 Å². The van der Waals surface area contributed by atoms with E-state index in [0.29, 0.717) is 5.92 Å². The largest absolute Gasteiger partial charge is 0.339 e. The number of hydrogen-bond acceptors (Lipinski definition) is 2. The van der Waals surface area contributed by atoms with Gasteiger partial charge in [0.15, 0.2) is 0 Å². The van der Waals surface area contributed by atoms with Crippen LogP contribution in [-0.2, 0) is 0 Å². The van der Waals surface area contributed by atoms with Gasteiger partial charge in [0.2, 0.25) is 0 Å². The monoisotopic (exact) mass is 358 g/mol. The van der Waals surface area contributed by atoms with Gasteiger partial charge in [-0.25, -0.2) is 0 Å². The second kappa shape index (κ2) is 7.91. The Morgan fingerprint density at radius 2 is 1.67 bits per heavy atom. The lowest BCUT2D eigenvalue weighted by Crippen LogP contribution is -2.38. The van der Waals surface area contributed by atoms with E-state index in [9.17, 15) is 4.79 Å². The van der Waals surface area contributed by atoms with Crippen LogP contribution in [0.3, 0.4) is 0 Å². The summed E-state index contributed by atoms with van der Waals surface area (Å²) in [6.45, 7) is 3.77. The van der Waals surface area contributed by atoms with Gasteiger partial charge in [-0.2, -0.15) is 0 Å². The highest BCUT2D eigenvalue weighted by Gasteiger charge is 2.25. The molecule has 0 aliphatic carbocycles. The first kappa shape index (κ1) is 17.7. The van der Waals surface area contributed by atoms with Crippen LogP contribution in [0.5, 0.6) is 0 Å². The zero-order valence-corrected chi connectivity index (χ0v) is 15.9. The van der Waals surface area contributed by atoms with Crippen molar-refractivity contribution in [3.8, 4) is 11.1 Å². The second-order valence-electron chi connectivity index (χ2n) is 7.61. The second-order valence-corrected chi connectivity index (χ2v) is 7.61. The lowest BCUT2D eigenvalue weighted by molar-refractivity contribution is 0.0693. The number of piperidine rings is 1. The van der Waals surface area contributed by atoms with Crippen molar-refractivity contribution in [3.05, 3.63) is 71.9 Å². The summed E-state index contributed by atoms with van der Waals surface area (Å²) >= 11 is 0. The fraction of sp³-hybridized carbons (Fsp3) is 0.333. The van der Waals surface area contributed by atoms with E-state index in [1.165, 1.54) is 11.3 Å². The minimum atomic E-state index is 0.156. The van der Waals surface area contributed by atoms with Crippen LogP contribution in [0.1, 0.15) is 43.0 Å². The van der Waals surface area contributed by atoms with Gasteiger partial charge in [0.25, 0.3) is 5.91 Å². The Morgan fingerprint density at radius 1 is 1.00 bits per heavy atom. The van der Waals surface area contributed by atoms with Crippen molar-refractivity contribution in [2.24, 2.45) is 10.9 Å². The normalized spacial score (nSPS) is 17.6. The maximum Gasteiger partial charge on any atom is 0.253 e. The Kier molecular flexibility index (Phi) is 5.19. The maximum atomic E-state index is 12.8. The van der Waals surface area contributed by atoms with Gasteiger partial charge in [0, 0.05) is 36.5 Å². The number of rotatable bonds is 4. The molecule has 2 aliphatic heterocycles. The lowest BCUT2D eigenvalue weighted by atomic mass is 9.90. The highest BCUT2D eigenvalue weighted by atomic mass is 16.2. The quantitative estimate of drug-likeness (QED) is 0.725. The van der Waals surface area contributed by atoms with E-state index in [4.69, 9.17) is 0 Å². The molecule has 27 heavy (non-hydrogen) atoms. The molecule has 4 rings (SSSR count). The summed E-state index contributed by atoms with van der Waals surface area (Å²) in [7, 11) is 0. The minimum Gasteiger partial charge on any atom is -0.339 e. The average Bonchev–Trinajstić information content (AvgIpc) is 3.13. The molecule has 0 saturated carbocycles. The Bertz CT molecular complexity index is 857. The zero-order chi connectivity index (χ0) is 18.6. The summed E-state index contributed by atoms with van der Waals surface area (Å²) in [6, 6.07) is 18.3. The number of carbonyl (C=O) groups excluding carboxylic acids is 1. The van der Waals surface area contributed by atoms with Crippen LogP contribution in [-0.4, -0.2) is 29.6 Å². The van der Waals surface area contributed by atoms with Crippen LogP contribution in [0.4, 0.5) is 0 Å². The molecule has 1 amide bonds. The number of amides is 1. The number of allylic oxidation sites excluding steroid dienone is 2. The molecule has 1 fully saturated rings. The molecule has 3 nitrogen and oxygen atoms in total. The molecule has 0 radical (unpaired) electrons. The Labute approximate surface area is 161 Å². The molecule has 0 spiro atoms. The first-order valence-corrected chi connectivity index (χ1v) is 9.87. The highest BCUT2D eigenvalue weighted by Crippen LogP contribution is 2.26. The molecular formula is C24H26N2O. The third-order valence-corrected chi connectivity index (χ3v) is 5.63. The van der Waals surface area contributed by atoms with E-state index in [-0.39, 0.29) is 5.91 Å². The molecule has 2 aromatic carbocycles. The van der Waals surface area contributed by atoms with E-state index < -0.39 is 0 Å². The highest BCUT2D eigenvalue weighted by molar-refractivity contribution is 5.95. The van der Waals surface area contributed by atoms with Crippen LogP contribution < -0.4 is 0 Å². The molecule has 0 unspecified atom stereocenters. The zero-order valence-electron chi connectivity index (χ0n) is 15.9. The number of nitrogens with zero attached hydrogens (tertiary/aromatic N) is 2. The molecule has 0 atom stereocenters. The number of carbonyl (C=O) groups is 1. The van der Waals surface area contributed by atoms with Gasteiger partial charge in [-0.1, -0.05) is 48.5 Å². The number of hydrogen-bond donors (Lipinski definition) is 0. The summed E-state index contributed by atoms with van der Waals surface area (Å²) in [5.74, 6) is 0.816. The number of likely N-dealkylation sites (tertiary alicyclic amines) is 1. The molecule has 3 heteroatoms. The summed E-state index contributed by atoms with van der Waals surface area (Å²) in [4.78, 5) is 19.5. The van der Waals surface area contributed by atoms with Gasteiger partial charge in [-0.3, -0.25) is 9.79 Å². The standard InChI is InChI=1S/C24H26N2O/c1-18-7-12-23(25-18)17-19-13-15-26(16-14-19)24(27)22-10-8-21(9-11-22)20-5-3-2-4-6-20/h2-11,19H,12-17H2,1H3. The van der Waals surface area contributed by atoms with Crippen LogP contribution in [0, 0.1) is 5.92 Å². The molecule has 2 aliphatic rings. The molecule has 2 aromatic rings. The third kappa shape index (κ3) is 4.19. The first-order valence-electron chi connectivity index (χ1n) is 9.87. The first-order chi connectivity index (χ1) is 13.2. The van der Waals surface area contributed by atoms with Crippen molar-refractivity contribution in [3.63, 3.8) is 0 Å². The fourth-order valence-corrected chi connectivity index (χ4v) is 4.03. The SMILES string of the molecule is CC1=CCC(CC2CCN(C(=O)c3ccc(-c4ccccc4)cc3)CC2)=N1. The van der Waals surface area contributed by atoms with Crippen molar-refractivity contribution < 1.29 is 4.79 Å². The summed E-state index contributed by atoms with van der Waals surface area (Å²) < 4.78 is 0. The van der Waals surface area contributed by atoms with Gasteiger partial charge < -0.3 is 4.90 Å². The Hall–Kier alpha value is -2.68. The smallest absolute Gasteiger partial charge is 0.253 e. The number of aliphatic imine (C=N–C) groups is 1. The molecule has 138 valence electrons. The van der Waals surface area contributed by atoms with Crippen molar-refractivity contribution in [1.29, 1.82) is 0 Å². The summed E-state index contributed by atoms with van der Waals surface area (Å²) in [6.07, 6.45) is 6.45. The van der Waals surface area contributed by atoms with Crippen molar-refractivity contribution >= 4 is 11.6 Å². The average molecular weight is 358 g/mol. The van der Waals surface area contributed by atoms with Gasteiger partial charge >= 0.3 is 0 Å². The van der Waals surface area contributed by atoms with Gasteiger partial charge in [-0.05, 0) is 55.4 Å². The third-order valence-electron chi connectivity index (χ3n) is 5.63. The van der Waals surface area contributed by atoms with Crippen molar-refractivity contribution in [2.45, 2.75) is 32.6 Å². The molecule has 0 bridgehead atoms. The van der Waals surface area contributed by atoms with Gasteiger partial charge in [-0.15, -0.1) is 0 Å². The lowest BCUT2D eigenvalue weighted by Gasteiger charge is -2.32. The van der Waals surface area contributed by atoms with Crippen molar-refractivity contribution in [1.82, 2.24) is 4.90 Å². The predicted octanol–water partition coefficient (Wildman–Crippen LogP) is 5.34. The predicted molar refractivity (Wildman–Crippen MR) is 111 cm³/mol. The van der Waals surface area contributed by atoms with E-state index in [0.717, 1.165) is 55.6 Å². The molecule has 1 saturated heterocycles. The van der Waals surface area contributed by atoms with Gasteiger partial charge in [0.05, 0.1) is 0 Å². The minimum absolute atomic E-state index is 0.156. The molecule has 0 aromatic heterocycles. The van der Waals surface area contributed by atoms with Gasteiger partial charge in [0.1, 0.15) is 0 Å². The van der Waals surface area contributed by atoms with Crippen LogP contribution in [0.2, 0.25) is 0 Å². The van der Waals surface area contributed by atoms with E-state index in [1.54, 1.807) is 0 Å². The summed E-state index contributed by atoms with van der Waals surface area (Å²) in [5, 5.41) is 0. The van der Waals surface area contributed by atoms with Crippen LogP contribution in [0.15, 0.2) is 71.4 Å². The fourth-order valence-electron chi connectivity index (χ4n) is 4.03.